The maximum atomic E-state index is 5.71. The Morgan fingerprint density at radius 1 is 0.833 bits per heavy atom. The van der Waals surface area contributed by atoms with Crippen LogP contribution in [0.2, 0.25) is 13.1 Å². The first kappa shape index (κ1) is 18.2. The maximum absolute atomic E-state index is 5.71. The quantitative estimate of drug-likeness (QED) is 0.303. The first-order valence-corrected chi connectivity index (χ1v) is 10.5. The highest BCUT2D eigenvalue weighted by Crippen LogP contribution is 2.19. The van der Waals surface area contributed by atoms with E-state index in [1.807, 2.05) is 0 Å². The average molecular weight is 272 g/mol. The zero-order chi connectivity index (χ0) is 13.6. The van der Waals surface area contributed by atoms with Crippen LogP contribution >= 0.6 is 0 Å². The second-order valence-corrected chi connectivity index (χ2v) is 7.83. The summed E-state index contributed by atoms with van der Waals surface area (Å²) in [6.07, 6.45) is 14.0. The van der Waals surface area contributed by atoms with Crippen LogP contribution < -0.4 is 0 Å². The van der Waals surface area contributed by atoms with E-state index < -0.39 is 9.04 Å². The molecule has 0 aliphatic heterocycles. The van der Waals surface area contributed by atoms with Gasteiger partial charge in [0.2, 0.25) is 9.04 Å². The maximum Gasteiger partial charge on any atom is 0.204 e. The van der Waals surface area contributed by atoms with Crippen LogP contribution in [0.4, 0.5) is 0 Å². The van der Waals surface area contributed by atoms with Crippen molar-refractivity contribution in [2.45, 2.75) is 91.1 Å². The summed E-state index contributed by atoms with van der Waals surface area (Å²) in [7, 11) is -0.468. The number of hydrogen-bond acceptors (Lipinski definition) is 1. The lowest BCUT2D eigenvalue weighted by molar-refractivity contribution is 0.290. The molecule has 1 nitrogen and oxygen atoms in total. The monoisotopic (exact) mass is 271 g/mol. The minimum absolute atomic E-state index is 0.468. The highest BCUT2D eigenvalue weighted by atomic mass is 28.3. The zero-order valence-corrected chi connectivity index (χ0v) is 14.3. The molecule has 0 amide bonds. The third-order valence-corrected chi connectivity index (χ3v) is 4.47. The topological polar surface area (TPSA) is 9.23 Å². The molecule has 0 aliphatic carbocycles. The van der Waals surface area contributed by atoms with Crippen molar-refractivity contribution in [2.75, 3.05) is 6.61 Å². The van der Waals surface area contributed by atoms with Gasteiger partial charge >= 0.3 is 0 Å². The molecule has 0 spiro atoms. The van der Waals surface area contributed by atoms with E-state index in [1.165, 1.54) is 64.2 Å². The van der Waals surface area contributed by atoms with E-state index in [-0.39, 0.29) is 0 Å². The molecule has 0 saturated carbocycles. The van der Waals surface area contributed by atoms with Gasteiger partial charge in [-0.3, -0.25) is 0 Å². The Morgan fingerprint density at radius 2 is 1.44 bits per heavy atom. The molecular weight excluding hydrogens is 236 g/mol. The summed E-state index contributed by atoms with van der Waals surface area (Å²) in [5.41, 5.74) is 0. The van der Waals surface area contributed by atoms with Crippen molar-refractivity contribution in [1.82, 2.24) is 0 Å². The third-order valence-electron chi connectivity index (χ3n) is 3.69. The Kier molecular flexibility index (Phi) is 13.7. The number of rotatable bonds is 13. The molecule has 0 N–H and O–H groups in total. The SMILES string of the molecule is CCCCCCCCC(CC)CCCO[Si](C)C. The van der Waals surface area contributed by atoms with Crippen LogP contribution in [0.15, 0.2) is 0 Å². The van der Waals surface area contributed by atoms with Gasteiger partial charge in [0.25, 0.3) is 0 Å². The molecular formula is C16H35OSi. The lowest BCUT2D eigenvalue weighted by Crippen LogP contribution is -2.10. The van der Waals surface area contributed by atoms with Crippen LogP contribution in [0, 0.1) is 5.92 Å². The van der Waals surface area contributed by atoms with Gasteiger partial charge in [0, 0.05) is 6.61 Å². The molecule has 1 radical (unpaired) electrons. The fourth-order valence-electron chi connectivity index (χ4n) is 2.41. The van der Waals surface area contributed by atoms with Gasteiger partial charge in [0.05, 0.1) is 0 Å². The van der Waals surface area contributed by atoms with Gasteiger partial charge in [-0.05, 0) is 31.9 Å². The molecule has 0 bridgehead atoms. The normalized spacial score (nSPS) is 13.2. The average Bonchev–Trinajstić information content (AvgIpc) is 2.35. The van der Waals surface area contributed by atoms with Gasteiger partial charge in [-0.2, -0.15) is 0 Å². The van der Waals surface area contributed by atoms with Gasteiger partial charge in [0.15, 0.2) is 0 Å². The largest absolute Gasteiger partial charge is 0.417 e. The predicted octanol–water partition coefficient (Wildman–Crippen LogP) is 5.81. The van der Waals surface area contributed by atoms with Gasteiger partial charge in [-0.1, -0.05) is 65.2 Å². The smallest absolute Gasteiger partial charge is 0.204 e. The molecule has 0 rings (SSSR count). The lowest BCUT2D eigenvalue weighted by Gasteiger charge is -2.15. The second-order valence-electron chi connectivity index (χ2n) is 5.73. The molecule has 1 unspecified atom stereocenters. The fourth-order valence-corrected chi connectivity index (χ4v) is 2.97. The van der Waals surface area contributed by atoms with E-state index in [9.17, 15) is 0 Å². The van der Waals surface area contributed by atoms with E-state index in [4.69, 9.17) is 4.43 Å². The molecule has 109 valence electrons. The Balaban J connectivity index is 3.35. The van der Waals surface area contributed by atoms with Crippen LogP contribution in [0.1, 0.15) is 78.1 Å². The van der Waals surface area contributed by atoms with Crippen LogP contribution in [0.3, 0.4) is 0 Å². The van der Waals surface area contributed by atoms with E-state index in [2.05, 4.69) is 26.9 Å². The molecule has 2 heteroatoms. The Bertz CT molecular complexity index is 159. The molecule has 0 aliphatic rings. The van der Waals surface area contributed by atoms with Crippen molar-refractivity contribution >= 4 is 9.04 Å². The van der Waals surface area contributed by atoms with Crippen molar-refractivity contribution in [3.63, 3.8) is 0 Å². The number of hydrogen-bond donors (Lipinski definition) is 0. The van der Waals surface area contributed by atoms with Crippen molar-refractivity contribution in [1.29, 1.82) is 0 Å². The van der Waals surface area contributed by atoms with Crippen molar-refractivity contribution in [3.05, 3.63) is 0 Å². The molecule has 0 fully saturated rings. The third kappa shape index (κ3) is 12.6. The standard InChI is InChI=1S/C16H35OSi/c1-5-7-8-9-10-11-13-16(6-2)14-12-15-17-18(3)4/h16H,5-15H2,1-4H3. The summed E-state index contributed by atoms with van der Waals surface area (Å²) >= 11 is 0. The Morgan fingerprint density at radius 3 is 2.06 bits per heavy atom. The molecule has 0 heterocycles. The second kappa shape index (κ2) is 13.6. The predicted molar refractivity (Wildman–Crippen MR) is 84.4 cm³/mol. The van der Waals surface area contributed by atoms with E-state index >= 15 is 0 Å². The zero-order valence-electron chi connectivity index (χ0n) is 13.3. The molecule has 0 aromatic heterocycles. The lowest BCUT2D eigenvalue weighted by atomic mass is 9.93. The van der Waals surface area contributed by atoms with Gasteiger partial charge in [-0.15, -0.1) is 0 Å². The van der Waals surface area contributed by atoms with E-state index in [0.717, 1.165) is 12.5 Å². The number of unbranched alkanes of at least 4 members (excludes halogenated alkanes) is 5. The molecule has 0 saturated heterocycles. The van der Waals surface area contributed by atoms with Crippen LogP contribution in [-0.2, 0) is 4.43 Å². The summed E-state index contributed by atoms with van der Waals surface area (Å²) in [6.45, 7) is 10.1. The van der Waals surface area contributed by atoms with Crippen molar-refractivity contribution < 1.29 is 4.43 Å². The highest BCUT2D eigenvalue weighted by molar-refractivity contribution is 6.48. The Labute approximate surface area is 117 Å². The summed E-state index contributed by atoms with van der Waals surface area (Å²) in [5, 5.41) is 0. The van der Waals surface area contributed by atoms with Crippen LogP contribution in [0.5, 0.6) is 0 Å². The van der Waals surface area contributed by atoms with Crippen LogP contribution in [0.25, 0.3) is 0 Å². The first-order chi connectivity index (χ1) is 8.70. The van der Waals surface area contributed by atoms with Crippen LogP contribution in [-0.4, -0.2) is 15.6 Å². The molecule has 1 atom stereocenters. The Hall–Kier alpha value is 0.177. The van der Waals surface area contributed by atoms with Gasteiger partial charge < -0.3 is 4.43 Å². The molecule has 0 aromatic carbocycles. The van der Waals surface area contributed by atoms with Gasteiger partial charge in [-0.25, -0.2) is 0 Å². The van der Waals surface area contributed by atoms with E-state index in [0.29, 0.717) is 0 Å². The summed E-state index contributed by atoms with van der Waals surface area (Å²) in [5.74, 6) is 0.948. The first-order valence-electron chi connectivity index (χ1n) is 8.13. The highest BCUT2D eigenvalue weighted by Gasteiger charge is 2.06. The fraction of sp³-hybridized carbons (Fsp3) is 1.00. The molecule has 18 heavy (non-hydrogen) atoms. The summed E-state index contributed by atoms with van der Waals surface area (Å²) in [4.78, 5) is 0. The van der Waals surface area contributed by atoms with E-state index in [1.54, 1.807) is 0 Å². The van der Waals surface area contributed by atoms with Crippen molar-refractivity contribution in [3.8, 4) is 0 Å². The minimum Gasteiger partial charge on any atom is -0.417 e. The van der Waals surface area contributed by atoms with Gasteiger partial charge in [0.1, 0.15) is 0 Å². The summed E-state index contributed by atoms with van der Waals surface area (Å²) in [6, 6.07) is 0. The molecule has 0 aromatic rings. The van der Waals surface area contributed by atoms with Crippen molar-refractivity contribution in [2.24, 2.45) is 5.92 Å². The minimum atomic E-state index is -0.468. The summed E-state index contributed by atoms with van der Waals surface area (Å²) < 4.78 is 5.71.